The molecule has 54 valence electrons. The molecular formula is C7H15NS. The molecule has 0 N–H and O–H groups in total. The molecule has 1 aliphatic rings. The van der Waals surface area contributed by atoms with E-state index in [1.807, 2.05) is 11.8 Å². The number of hydrogen-bond donors (Lipinski definition) is 0. The van der Waals surface area contributed by atoms with E-state index < -0.39 is 0 Å². The summed E-state index contributed by atoms with van der Waals surface area (Å²) in [5.74, 6) is 0.910. The Morgan fingerprint density at radius 2 is 2.22 bits per heavy atom. The quantitative estimate of drug-likeness (QED) is 0.552. The van der Waals surface area contributed by atoms with Crippen LogP contribution in [-0.2, 0) is 0 Å². The van der Waals surface area contributed by atoms with Gasteiger partial charge in [-0.15, -0.1) is 11.8 Å². The van der Waals surface area contributed by atoms with E-state index in [2.05, 4.69) is 25.1 Å². The molecule has 0 aliphatic carbocycles. The first-order valence-electron chi connectivity index (χ1n) is 3.47. The minimum Gasteiger partial charge on any atom is -0.294 e. The molecule has 0 aromatic heterocycles. The maximum atomic E-state index is 2.44. The van der Waals surface area contributed by atoms with Gasteiger partial charge < -0.3 is 0 Å². The van der Waals surface area contributed by atoms with Gasteiger partial charge in [0.05, 0.1) is 5.37 Å². The van der Waals surface area contributed by atoms with Crippen molar-refractivity contribution in [1.82, 2.24) is 4.90 Å². The van der Waals surface area contributed by atoms with Crippen molar-refractivity contribution in [3.05, 3.63) is 0 Å². The van der Waals surface area contributed by atoms with Gasteiger partial charge in [-0.3, -0.25) is 4.90 Å². The molecule has 0 amide bonds. The first kappa shape index (κ1) is 7.42. The number of hydrogen-bond acceptors (Lipinski definition) is 2. The van der Waals surface area contributed by atoms with Crippen LogP contribution in [0, 0.1) is 5.92 Å². The molecule has 2 unspecified atom stereocenters. The van der Waals surface area contributed by atoms with Gasteiger partial charge in [-0.05, 0) is 25.6 Å². The highest BCUT2D eigenvalue weighted by atomic mass is 32.2. The van der Waals surface area contributed by atoms with Crippen LogP contribution >= 0.6 is 11.8 Å². The van der Waals surface area contributed by atoms with E-state index >= 15 is 0 Å². The fourth-order valence-corrected chi connectivity index (χ4v) is 2.45. The summed E-state index contributed by atoms with van der Waals surface area (Å²) < 4.78 is 0. The number of rotatable bonds is 1. The second-order valence-corrected chi connectivity index (χ2v) is 3.99. The fourth-order valence-electron chi connectivity index (χ4n) is 1.48. The van der Waals surface area contributed by atoms with Crippen LogP contribution in [0.4, 0.5) is 0 Å². The molecule has 1 nitrogen and oxygen atoms in total. The fraction of sp³-hybridized carbons (Fsp3) is 1.00. The summed E-state index contributed by atoms with van der Waals surface area (Å²) in [7, 11) is 2.21. The van der Waals surface area contributed by atoms with Gasteiger partial charge in [0, 0.05) is 6.54 Å². The lowest BCUT2D eigenvalue weighted by Crippen LogP contribution is -2.21. The average molecular weight is 145 g/mol. The molecule has 0 aromatic rings. The summed E-state index contributed by atoms with van der Waals surface area (Å²) >= 11 is 1.97. The Hall–Kier alpha value is 0.310. The molecule has 1 aliphatic heterocycles. The Bertz CT molecular complexity index is 94.9. The Morgan fingerprint density at radius 3 is 2.44 bits per heavy atom. The van der Waals surface area contributed by atoms with E-state index in [1.165, 1.54) is 13.0 Å². The Kier molecular flexibility index (Phi) is 2.42. The lowest BCUT2D eigenvalue weighted by atomic mass is 10.2. The Balaban J connectivity index is 2.38. The summed E-state index contributed by atoms with van der Waals surface area (Å²) in [6, 6.07) is 0. The van der Waals surface area contributed by atoms with E-state index in [4.69, 9.17) is 0 Å². The second kappa shape index (κ2) is 2.93. The molecule has 2 heteroatoms. The third-order valence-electron chi connectivity index (χ3n) is 1.97. The van der Waals surface area contributed by atoms with Crippen molar-refractivity contribution in [2.24, 2.45) is 5.92 Å². The zero-order chi connectivity index (χ0) is 6.85. The van der Waals surface area contributed by atoms with Crippen LogP contribution in [0.5, 0.6) is 0 Å². The molecule has 9 heavy (non-hydrogen) atoms. The van der Waals surface area contributed by atoms with Gasteiger partial charge in [-0.2, -0.15) is 0 Å². The van der Waals surface area contributed by atoms with Crippen LogP contribution < -0.4 is 0 Å². The molecule has 1 rings (SSSR count). The minimum atomic E-state index is 0.792. The molecule has 0 radical (unpaired) electrons. The summed E-state index contributed by atoms with van der Waals surface area (Å²) in [6.07, 6.45) is 3.57. The summed E-state index contributed by atoms with van der Waals surface area (Å²) in [4.78, 5) is 2.44. The molecule has 2 atom stereocenters. The zero-order valence-electron chi connectivity index (χ0n) is 6.42. The molecule has 0 spiro atoms. The van der Waals surface area contributed by atoms with Gasteiger partial charge in [0.25, 0.3) is 0 Å². The van der Waals surface area contributed by atoms with Gasteiger partial charge in [0.15, 0.2) is 0 Å². The molecule has 1 heterocycles. The number of likely N-dealkylation sites (tertiary alicyclic amines) is 1. The highest BCUT2D eigenvalue weighted by Crippen LogP contribution is 2.27. The third kappa shape index (κ3) is 1.62. The topological polar surface area (TPSA) is 3.24 Å². The van der Waals surface area contributed by atoms with Crippen LogP contribution in [-0.4, -0.2) is 30.1 Å². The predicted octanol–water partition coefficient (Wildman–Crippen LogP) is 1.65. The second-order valence-electron chi connectivity index (χ2n) is 2.97. The van der Waals surface area contributed by atoms with Crippen molar-refractivity contribution >= 4 is 11.8 Å². The monoisotopic (exact) mass is 145 g/mol. The van der Waals surface area contributed by atoms with Crippen molar-refractivity contribution in [2.45, 2.75) is 18.7 Å². The molecule has 0 saturated carbocycles. The minimum absolute atomic E-state index is 0.792. The van der Waals surface area contributed by atoms with Crippen molar-refractivity contribution < 1.29 is 0 Å². The maximum Gasteiger partial charge on any atom is 0.0554 e. The van der Waals surface area contributed by atoms with Gasteiger partial charge in [0.1, 0.15) is 0 Å². The van der Waals surface area contributed by atoms with Crippen molar-refractivity contribution in [3.63, 3.8) is 0 Å². The van der Waals surface area contributed by atoms with E-state index in [-0.39, 0.29) is 0 Å². The van der Waals surface area contributed by atoms with E-state index in [0.29, 0.717) is 0 Å². The lowest BCUT2D eigenvalue weighted by Gasteiger charge is -2.15. The summed E-state index contributed by atoms with van der Waals surface area (Å²) in [6.45, 7) is 3.61. The molecule has 0 aromatic carbocycles. The highest BCUT2D eigenvalue weighted by Gasteiger charge is 2.24. The van der Waals surface area contributed by atoms with Gasteiger partial charge in [-0.1, -0.05) is 6.92 Å². The molecular weight excluding hydrogens is 130 g/mol. The smallest absolute Gasteiger partial charge is 0.0554 e. The predicted molar refractivity (Wildman–Crippen MR) is 43.7 cm³/mol. The van der Waals surface area contributed by atoms with Gasteiger partial charge in [-0.25, -0.2) is 0 Å². The Labute approximate surface area is 61.8 Å². The number of nitrogens with zero attached hydrogens (tertiary/aromatic N) is 1. The largest absolute Gasteiger partial charge is 0.294 e. The maximum absolute atomic E-state index is 2.44. The van der Waals surface area contributed by atoms with Crippen LogP contribution in [0.3, 0.4) is 0 Å². The molecule has 0 bridgehead atoms. The van der Waals surface area contributed by atoms with Crippen LogP contribution in [0.25, 0.3) is 0 Å². The first-order chi connectivity index (χ1) is 4.24. The molecule has 1 saturated heterocycles. The first-order valence-corrected chi connectivity index (χ1v) is 4.76. The normalized spacial score (nSPS) is 37.7. The summed E-state index contributed by atoms with van der Waals surface area (Å²) in [5, 5.41) is 0.792. The third-order valence-corrected chi connectivity index (χ3v) is 3.06. The standard InChI is InChI=1S/C7H15NS/c1-6-4-7(9-3)8(2)5-6/h6-7H,4-5H2,1-3H3. The van der Waals surface area contributed by atoms with E-state index in [9.17, 15) is 0 Å². The van der Waals surface area contributed by atoms with Crippen molar-refractivity contribution in [3.8, 4) is 0 Å². The lowest BCUT2D eigenvalue weighted by molar-refractivity contribution is 0.380. The Morgan fingerprint density at radius 1 is 1.56 bits per heavy atom. The van der Waals surface area contributed by atoms with Gasteiger partial charge in [0.2, 0.25) is 0 Å². The SMILES string of the molecule is CSC1CC(C)CN1C. The van der Waals surface area contributed by atoms with Crippen LogP contribution in [0.15, 0.2) is 0 Å². The van der Waals surface area contributed by atoms with Crippen molar-refractivity contribution in [2.75, 3.05) is 19.8 Å². The van der Waals surface area contributed by atoms with Crippen LogP contribution in [0.2, 0.25) is 0 Å². The van der Waals surface area contributed by atoms with E-state index in [0.717, 1.165) is 11.3 Å². The van der Waals surface area contributed by atoms with E-state index in [1.54, 1.807) is 0 Å². The number of thioether (sulfide) groups is 1. The average Bonchev–Trinajstić information content (AvgIpc) is 2.10. The highest BCUT2D eigenvalue weighted by molar-refractivity contribution is 7.99. The van der Waals surface area contributed by atoms with Crippen LogP contribution in [0.1, 0.15) is 13.3 Å². The zero-order valence-corrected chi connectivity index (χ0v) is 7.24. The van der Waals surface area contributed by atoms with Gasteiger partial charge >= 0.3 is 0 Å². The molecule has 1 fully saturated rings. The summed E-state index contributed by atoms with van der Waals surface area (Å²) in [5.41, 5.74) is 0. The van der Waals surface area contributed by atoms with Crippen molar-refractivity contribution in [1.29, 1.82) is 0 Å².